The van der Waals surface area contributed by atoms with Crippen LogP contribution in [0.25, 0.3) is 0 Å². The molecule has 1 atom stereocenters. The van der Waals surface area contributed by atoms with Gasteiger partial charge in [-0.05, 0) is 18.9 Å². The Morgan fingerprint density at radius 1 is 1.35 bits per heavy atom. The van der Waals surface area contributed by atoms with Gasteiger partial charge in [0.2, 0.25) is 5.91 Å². The van der Waals surface area contributed by atoms with Crippen LogP contribution in [0.2, 0.25) is 0 Å². The number of hydrogen-bond donors (Lipinski definition) is 2. The summed E-state index contributed by atoms with van der Waals surface area (Å²) >= 11 is 0. The fourth-order valence-electron chi connectivity index (χ4n) is 2.39. The molecule has 4 nitrogen and oxygen atoms in total. The molecule has 90 valence electrons. The molecule has 0 saturated heterocycles. The van der Waals surface area contributed by atoms with E-state index >= 15 is 0 Å². The summed E-state index contributed by atoms with van der Waals surface area (Å²) in [6.07, 6.45) is 1.09. The van der Waals surface area contributed by atoms with Gasteiger partial charge < -0.3 is 15.2 Å². The molecule has 1 fully saturated rings. The van der Waals surface area contributed by atoms with Gasteiger partial charge in [0.15, 0.2) is 0 Å². The maximum atomic E-state index is 12.0. The Kier molecular flexibility index (Phi) is 2.52. The van der Waals surface area contributed by atoms with Crippen LogP contribution < -0.4 is 10.1 Å². The second-order valence-corrected chi connectivity index (χ2v) is 4.73. The molecule has 1 aromatic carbocycles. The Morgan fingerprint density at radius 2 is 2.12 bits per heavy atom. The van der Waals surface area contributed by atoms with Crippen LogP contribution in [-0.4, -0.2) is 29.8 Å². The molecule has 0 spiro atoms. The van der Waals surface area contributed by atoms with Gasteiger partial charge in [-0.2, -0.15) is 0 Å². The predicted octanol–water partition coefficient (Wildman–Crippen LogP) is 0.802. The van der Waals surface area contributed by atoms with E-state index in [9.17, 15) is 9.90 Å². The molecule has 1 aliphatic carbocycles. The highest BCUT2D eigenvalue weighted by Crippen LogP contribution is 2.34. The van der Waals surface area contributed by atoms with Gasteiger partial charge in [0.25, 0.3) is 0 Å². The number of aliphatic hydroxyl groups excluding tert-OH is 1. The topological polar surface area (TPSA) is 58.6 Å². The van der Waals surface area contributed by atoms with Crippen LogP contribution in [0, 0.1) is 0 Å². The van der Waals surface area contributed by atoms with Crippen LogP contribution in [-0.2, 0) is 4.79 Å². The van der Waals surface area contributed by atoms with E-state index in [1.54, 1.807) is 0 Å². The van der Waals surface area contributed by atoms with Crippen molar-refractivity contribution in [1.29, 1.82) is 0 Å². The van der Waals surface area contributed by atoms with Crippen molar-refractivity contribution in [3.05, 3.63) is 29.8 Å². The molecule has 1 aliphatic heterocycles. The number of fused-ring (bicyclic) bond motifs is 1. The summed E-state index contributed by atoms with van der Waals surface area (Å²) in [4.78, 5) is 12.0. The van der Waals surface area contributed by atoms with Crippen molar-refractivity contribution in [1.82, 2.24) is 5.32 Å². The van der Waals surface area contributed by atoms with E-state index in [2.05, 4.69) is 5.32 Å². The van der Waals surface area contributed by atoms with Crippen LogP contribution in [0.5, 0.6) is 5.75 Å². The van der Waals surface area contributed by atoms with Gasteiger partial charge in [0.05, 0.1) is 6.10 Å². The lowest BCUT2D eigenvalue weighted by molar-refractivity contribution is -0.124. The first-order valence-electron chi connectivity index (χ1n) is 5.94. The zero-order valence-corrected chi connectivity index (χ0v) is 9.43. The van der Waals surface area contributed by atoms with Crippen LogP contribution in [0.1, 0.15) is 24.3 Å². The fraction of sp³-hybridized carbons (Fsp3) is 0.462. The molecular formula is C13H15NO3. The molecular weight excluding hydrogens is 218 g/mol. The molecule has 17 heavy (non-hydrogen) atoms. The van der Waals surface area contributed by atoms with Gasteiger partial charge in [-0.25, -0.2) is 0 Å². The Morgan fingerprint density at radius 3 is 2.88 bits per heavy atom. The third kappa shape index (κ3) is 1.89. The average molecular weight is 233 g/mol. The van der Waals surface area contributed by atoms with E-state index in [0.717, 1.165) is 11.3 Å². The summed E-state index contributed by atoms with van der Waals surface area (Å²) < 4.78 is 5.48. The first-order chi connectivity index (χ1) is 8.24. The highest BCUT2D eigenvalue weighted by molar-refractivity contribution is 5.85. The molecule has 0 bridgehead atoms. The second-order valence-electron chi connectivity index (χ2n) is 4.73. The third-order valence-corrected chi connectivity index (χ3v) is 3.48. The van der Waals surface area contributed by atoms with Gasteiger partial charge in [-0.1, -0.05) is 18.2 Å². The number of carbonyl (C=O) groups excluding carboxylic acids is 1. The van der Waals surface area contributed by atoms with E-state index in [0.29, 0.717) is 19.4 Å². The number of rotatable bonds is 2. The van der Waals surface area contributed by atoms with Crippen molar-refractivity contribution in [2.45, 2.75) is 30.9 Å². The minimum absolute atomic E-state index is 0.00634. The summed E-state index contributed by atoms with van der Waals surface area (Å²) in [5, 5.41) is 12.1. The predicted molar refractivity (Wildman–Crippen MR) is 61.8 cm³/mol. The molecule has 1 unspecified atom stereocenters. The summed E-state index contributed by atoms with van der Waals surface area (Å²) in [6.45, 7) is 0.417. The number of amides is 1. The molecule has 1 saturated carbocycles. The molecule has 4 heteroatoms. The van der Waals surface area contributed by atoms with E-state index in [4.69, 9.17) is 4.74 Å². The van der Waals surface area contributed by atoms with Gasteiger partial charge in [-0.3, -0.25) is 4.79 Å². The quantitative estimate of drug-likeness (QED) is 0.794. The van der Waals surface area contributed by atoms with Crippen molar-refractivity contribution in [2.24, 2.45) is 0 Å². The highest BCUT2D eigenvalue weighted by atomic mass is 16.5. The summed E-state index contributed by atoms with van der Waals surface area (Å²) in [7, 11) is 0. The fourth-order valence-corrected chi connectivity index (χ4v) is 2.39. The molecule has 1 aromatic rings. The summed E-state index contributed by atoms with van der Waals surface area (Å²) in [6, 6.07) is 7.77. The van der Waals surface area contributed by atoms with Gasteiger partial charge in [-0.15, -0.1) is 0 Å². The Balaban J connectivity index is 1.67. The second kappa shape index (κ2) is 4.04. The van der Waals surface area contributed by atoms with Crippen LogP contribution in [0.3, 0.4) is 0 Å². The van der Waals surface area contributed by atoms with Crippen molar-refractivity contribution < 1.29 is 14.6 Å². The van der Waals surface area contributed by atoms with E-state index in [-0.39, 0.29) is 24.0 Å². The molecule has 3 rings (SSSR count). The van der Waals surface area contributed by atoms with Crippen molar-refractivity contribution in [3.63, 3.8) is 0 Å². The molecule has 1 amide bonds. The highest BCUT2D eigenvalue weighted by Gasteiger charge is 2.34. The van der Waals surface area contributed by atoms with Gasteiger partial charge >= 0.3 is 0 Å². The molecule has 0 aromatic heterocycles. The Bertz CT molecular complexity index is 440. The largest absolute Gasteiger partial charge is 0.492 e. The van der Waals surface area contributed by atoms with Crippen molar-refractivity contribution in [2.75, 3.05) is 6.61 Å². The van der Waals surface area contributed by atoms with Crippen molar-refractivity contribution >= 4 is 5.91 Å². The standard InChI is InChI=1S/C13H15NO3/c15-9-5-8(6-9)14-13(16)11-7-17-12-4-2-1-3-10(11)12/h1-4,8-9,11,15H,5-7H2,(H,14,16). The minimum Gasteiger partial charge on any atom is -0.492 e. The maximum Gasteiger partial charge on any atom is 0.231 e. The summed E-state index contributed by atoms with van der Waals surface area (Å²) in [5.41, 5.74) is 0.963. The first-order valence-corrected chi connectivity index (χ1v) is 5.94. The van der Waals surface area contributed by atoms with Crippen molar-refractivity contribution in [3.8, 4) is 5.75 Å². The number of ether oxygens (including phenoxy) is 1. The minimum atomic E-state index is -0.243. The number of para-hydroxylation sites is 1. The van der Waals surface area contributed by atoms with Crippen LogP contribution >= 0.6 is 0 Å². The van der Waals surface area contributed by atoms with Crippen LogP contribution in [0.4, 0.5) is 0 Å². The number of benzene rings is 1. The van der Waals surface area contributed by atoms with Crippen LogP contribution in [0.15, 0.2) is 24.3 Å². The zero-order chi connectivity index (χ0) is 11.8. The van der Waals surface area contributed by atoms with E-state index in [1.165, 1.54) is 0 Å². The van der Waals surface area contributed by atoms with Gasteiger partial charge in [0, 0.05) is 11.6 Å². The Labute approximate surface area is 99.6 Å². The Hall–Kier alpha value is -1.55. The summed E-state index contributed by atoms with van der Waals surface area (Å²) in [5.74, 6) is 0.608. The smallest absolute Gasteiger partial charge is 0.231 e. The van der Waals surface area contributed by atoms with Gasteiger partial charge in [0.1, 0.15) is 18.3 Å². The molecule has 2 N–H and O–H groups in total. The normalized spacial score (nSPS) is 30.1. The zero-order valence-electron chi connectivity index (χ0n) is 9.43. The maximum absolute atomic E-state index is 12.0. The lowest BCUT2D eigenvalue weighted by Crippen LogP contribution is -2.48. The molecule has 0 radical (unpaired) electrons. The molecule has 1 heterocycles. The number of aliphatic hydroxyl groups is 1. The number of carbonyl (C=O) groups is 1. The van der Waals surface area contributed by atoms with E-state index < -0.39 is 0 Å². The third-order valence-electron chi connectivity index (χ3n) is 3.48. The lowest BCUT2D eigenvalue weighted by atomic mass is 9.88. The van der Waals surface area contributed by atoms with E-state index in [1.807, 2.05) is 24.3 Å². The SMILES string of the molecule is O=C(NC1CC(O)C1)C1COc2ccccc21. The first kappa shape index (κ1) is 10.6. The lowest BCUT2D eigenvalue weighted by Gasteiger charge is -2.32. The monoisotopic (exact) mass is 233 g/mol. The molecule has 2 aliphatic rings. The number of nitrogens with one attached hydrogen (secondary N) is 1. The number of hydrogen-bond acceptors (Lipinski definition) is 3. The average Bonchev–Trinajstić information content (AvgIpc) is 2.70.